The lowest BCUT2D eigenvalue weighted by molar-refractivity contribution is -0.138. The number of halogens is 3. The smallest absolute Gasteiger partial charge is 0.327 e. The van der Waals surface area contributed by atoms with E-state index in [1.807, 2.05) is 26.0 Å². The highest BCUT2D eigenvalue weighted by molar-refractivity contribution is 9.14. The van der Waals surface area contributed by atoms with Crippen molar-refractivity contribution in [3.05, 3.63) is 43.1 Å². The maximum Gasteiger partial charge on any atom is 0.327 e. The van der Waals surface area contributed by atoms with Crippen LogP contribution >= 0.6 is 47.8 Å². The predicted molar refractivity (Wildman–Crippen MR) is 131 cm³/mol. The van der Waals surface area contributed by atoms with Gasteiger partial charge in [0.25, 0.3) is 0 Å². The highest BCUT2D eigenvalue weighted by Gasteiger charge is 2.14. The number of benzene rings is 1. The van der Waals surface area contributed by atoms with Crippen molar-refractivity contribution >= 4 is 66.2 Å². The summed E-state index contributed by atoms with van der Waals surface area (Å²) in [5.41, 5.74) is 1.88. The van der Waals surface area contributed by atoms with Crippen molar-refractivity contribution in [1.82, 2.24) is 35.3 Å². The van der Waals surface area contributed by atoms with E-state index in [1.165, 1.54) is 0 Å². The molecule has 3 aromatic rings. The molecule has 0 saturated carbocycles. The van der Waals surface area contributed by atoms with Crippen LogP contribution < -0.4 is 0 Å². The maximum atomic E-state index is 10.8. The third kappa shape index (κ3) is 6.77. The van der Waals surface area contributed by atoms with E-state index in [0.717, 1.165) is 24.1 Å². The molecule has 0 bridgehead atoms. The first-order valence-electron chi connectivity index (χ1n) is 9.24. The molecule has 0 spiro atoms. The van der Waals surface area contributed by atoms with Gasteiger partial charge in [-0.25, -0.2) is 9.67 Å². The quantitative estimate of drug-likeness (QED) is 0.216. The van der Waals surface area contributed by atoms with E-state index in [0.29, 0.717) is 23.8 Å². The summed E-state index contributed by atoms with van der Waals surface area (Å²) < 4.78 is 4.46. The molecule has 0 aliphatic rings. The monoisotopic (exact) mass is 631 g/mol. The molecular weight excluding hydrogens is 614 g/mol. The Morgan fingerprint density at radius 2 is 1.94 bits per heavy atom. The van der Waals surface area contributed by atoms with Crippen molar-refractivity contribution in [3.8, 4) is 11.5 Å². The topological polar surface area (TPSA) is 138 Å². The van der Waals surface area contributed by atoms with Crippen LogP contribution in [0.25, 0.3) is 11.5 Å². The first-order valence-corrected chi connectivity index (χ1v) is 11.6. The Morgan fingerprint density at radius 3 is 2.53 bits per heavy atom. The summed E-state index contributed by atoms with van der Waals surface area (Å²) in [5.74, 6) is -0.407. The minimum Gasteiger partial charge on any atom is -0.480 e. The van der Waals surface area contributed by atoms with Crippen LogP contribution in [0, 0.1) is 0 Å². The van der Waals surface area contributed by atoms with Gasteiger partial charge in [0, 0.05) is 20.1 Å². The molecule has 3 rings (SSSR count). The molecule has 0 aliphatic carbocycles. The molecule has 14 heteroatoms. The van der Waals surface area contributed by atoms with Gasteiger partial charge in [-0.3, -0.25) is 9.89 Å². The first-order chi connectivity index (χ1) is 15.3. The van der Waals surface area contributed by atoms with Crippen molar-refractivity contribution in [1.29, 1.82) is 0 Å². The van der Waals surface area contributed by atoms with E-state index in [1.54, 1.807) is 17.8 Å². The first kappa shape index (κ1) is 25.8. The third-order valence-electron chi connectivity index (χ3n) is 3.68. The molecule has 11 nitrogen and oxygen atoms in total. The summed E-state index contributed by atoms with van der Waals surface area (Å²) in [4.78, 5) is 15.1. The fourth-order valence-electron chi connectivity index (χ4n) is 2.36. The molecule has 0 unspecified atom stereocenters. The van der Waals surface area contributed by atoms with Gasteiger partial charge in [-0.15, -0.1) is 5.10 Å². The molecule has 2 heterocycles. The summed E-state index contributed by atoms with van der Waals surface area (Å²) in [6.07, 6.45) is 1.74. The van der Waals surface area contributed by atoms with Crippen LogP contribution in [-0.4, -0.2) is 65.3 Å². The lowest BCUT2D eigenvalue weighted by Crippen LogP contribution is -2.21. The Morgan fingerprint density at radius 1 is 1.28 bits per heavy atom. The molecule has 0 amide bonds. The number of aromatic nitrogens is 6. The number of nitrogens with one attached hydrogen (secondary N) is 1. The number of hydrogen-bond acceptors (Lipinski definition) is 8. The summed E-state index contributed by atoms with van der Waals surface area (Å²) in [6.45, 7) is 9.01. The number of carboxylic acid groups (broad SMARTS) is 1. The Bertz CT molecular complexity index is 1100. The Hall–Kier alpha value is -2.45. The molecule has 2 aromatic heterocycles. The molecule has 170 valence electrons. The number of aliphatic carboxylic acids is 1. The second-order valence-corrected chi connectivity index (χ2v) is 8.44. The molecule has 1 aromatic carbocycles. The van der Waals surface area contributed by atoms with E-state index in [-0.39, 0.29) is 5.82 Å². The predicted octanol–water partition coefficient (Wildman–Crippen LogP) is 4.15. The SMILES string of the molecule is C=NN(CC(=O)O)/N=C(\C)c1n[nH]c(-c2cn(Cc3cc(Br)c(Br)c(Br)c3)nn2)n1.CC. The number of H-pyrrole nitrogens is 1. The van der Waals surface area contributed by atoms with Crippen molar-refractivity contribution in [2.24, 2.45) is 10.2 Å². The number of carbonyl (C=O) groups is 1. The minimum atomic E-state index is -1.09. The van der Waals surface area contributed by atoms with Gasteiger partial charge in [0.15, 0.2) is 18.2 Å². The summed E-state index contributed by atoms with van der Waals surface area (Å²) >= 11 is 10.5. The average Bonchev–Trinajstić information content (AvgIpc) is 3.42. The Kier molecular flexibility index (Phi) is 9.65. The molecular formula is C18H20Br3N9O2. The maximum absolute atomic E-state index is 10.8. The van der Waals surface area contributed by atoms with E-state index < -0.39 is 12.5 Å². The van der Waals surface area contributed by atoms with Crippen molar-refractivity contribution in [2.75, 3.05) is 6.54 Å². The van der Waals surface area contributed by atoms with Gasteiger partial charge in [0.1, 0.15) is 11.4 Å². The lowest BCUT2D eigenvalue weighted by atomic mass is 10.2. The highest BCUT2D eigenvalue weighted by atomic mass is 79.9. The fraction of sp³-hybridized carbons (Fsp3) is 0.278. The molecule has 2 N–H and O–H groups in total. The Labute approximate surface area is 209 Å². The number of hydrazone groups is 2. The number of rotatable bonds is 8. The molecule has 32 heavy (non-hydrogen) atoms. The van der Waals surface area contributed by atoms with Crippen LogP contribution in [0.2, 0.25) is 0 Å². The van der Waals surface area contributed by atoms with Gasteiger partial charge in [-0.1, -0.05) is 19.1 Å². The van der Waals surface area contributed by atoms with Crippen molar-refractivity contribution < 1.29 is 9.90 Å². The van der Waals surface area contributed by atoms with Crippen molar-refractivity contribution in [2.45, 2.75) is 27.3 Å². The zero-order valence-electron chi connectivity index (χ0n) is 17.4. The zero-order chi connectivity index (χ0) is 23.8. The van der Waals surface area contributed by atoms with E-state index in [9.17, 15) is 4.79 Å². The fourth-order valence-corrected chi connectivity index (χ4v) is 3.87. The van der Waals surface area contributed by atoms with E-state index in [4.69, 9.17) is 5.11 Å². The van der Waals surface area contributed by atoms with Crippen LogP contribution in [-0.2, 0) is 11.3 Å². The van der Waals surface area contributed by atoms with E-state index in [2.05, 4.69) is 90.2 Å². The lowest BCUT2D eigenvalue weighted by Gasteiger charge is -2.09. The minimum absolute atomic E-state index is 0.277. The second-order valence-electron chi connectivity index (χ2n) is 5.93. The van der Waals surface area contributed by atoms with Gasteiger partial charge in [0.2, 0.25) is 0 Å². The van der Waals surface area contributed by atoms with Crippen LogP contribution in [0.15, 0.2) is 42.0 Å². The molecule has 0 fully saturated rings. The number of carboxylic acids is 1. The van der Waals surface area contributed by atoms with Gasteiger partial charge >= 0.3 is 5.97 Å². The van der Waals surface area contributed by atoms with Gasteiger partial charge < -0.3 is 5.11 Å². The van der Waals surface area contributed by atoms with E-state index >= 15 is 0 Å². The molecule has 0 atom stereocenters. The van der Waals surface area contributed by atoms with Gasteiger partial charge in [-0.2, -0.15) is 20.4 Å². The normalized spacial score (nSPS) is 11.0. The Balaban J connectivity index is 0.00000176. The summed E-state index contributed by atoms with van der Waals surface area (Å²) in [6, 6.07) is 3.97. The highest BCUT2D eigenvalue weighted by Crippen LogP contribution is 2.32. The number of aromatic amines is 1. The molecule has 0 aliphatic heterocycles. The van der Waals surface area contributed by atoms with Crippen LogP contribution in [0.1, 0.15) is 32.2 Å². The van der Waals surface area contributed by atoms with Crippen LogP contribution in [0.4, 0.5) is 0 Å². The molecule has 0 radical (unpaired) electrons. The summed E-state index contributed by atoms with van der Waals surface area (Å²) in [5, 5.41) is 32.5. The van der Waals surface area contributed by atoms with Crippen LogP contribution in [0.5, 0.6) is 0 Å². The largest absolute Gasteiger partial charge is 0.480 e. The zero-order valence-corrected chi connectivity index (χ0v) is 22.2. The average molecular weight is 634 g/mol. The van der Waals surface area contributed by atoms with Gasteiger partial charge in [-0.05, 0) is 72.4 Å². The number of nitrogens with zero attached hydrogens (tertiary/aromatic N) is 8. The molecule has 0 saturated heterocycles. The van der Waals surface area contributed by atoms with Gasteiger partial charge in [0.05, 0.1) is 12.7 Å². The third-order valence-corrected chi connectivity index (χ3v) is 6.85. The summed E-state index contributed by atoms with van der Waals surface area (Å²) in [7, 11) is 0. The standard InChI is InChI=1S/C16H14Br3N9O2.C2H6/c1-8(25-28(20-2)7-13(29)30)15-21-16(24-23-15)12-6-27(26-22-12)5-9-3-10(17)14(19)11(18)4-9;1-2/h3-4,6H,2,5,7H2,1H3,(H,29,30)(H,21,23,24);1-2H3/b25-8+;. The number of hydrogen-bond donors (Lipinski definition) is 2. The van der Waals surface area contributed by atoms with Crippen molar-refractivity contribution in [3.63, 3.8) is 0 Å². The second kappa shape index (κ2) is 12.0. The van der Waals surface area contributed by atoms with Crippen LogP contribution in [0.3, 0.4) is 0 Å².